The highest BCUT2D eigenvalue weighted by atomic mass is 16.7. The molecule has 1 aliphatic rings. The van der Waals surface area contributed by atoms with Gasteiger partial charge in [0, 0.05) is 12.4 Å². The van der Waals surface area contributed by atoms with Gasteiger partial charge in [-0.3, -0.25) is 0 Å². The van der Waals surface area contributed by atoms with Crippen molar-refractivity contribution in [1.82, 2.24) is 9.97 Å². The Hall–Kier alpha value is -3.56. The molecular weight excluding hydrogens is 495 g/mol. The second-order valence-electron chi connectivity index (χ2n) is 10.8. The normalized spacial score (nSPS) is 15.7. The van der Waals surface area contributed by atoms with Gasteiger partial charge in [-0.2, -0.15) is 0 Å². The zero-order chi connectivity index (χ0) is 28.2. The Kier molecular flexibility index (Phi) is 8.52. The van der Waals surface area contributed by atoms with Gasteiger partial charge in [0.1, 0.15) is 11.4 Å². The maximum atomic E-state index is 11.7. The number of methoxy groups -OCH3 is 2. The van der Waals surface area contributed by atoms with E-state index < -0.39 is 30.3 Å². The van der Waals surface area contributed by atoms with Crippen molar-refractivity contribution in [3.8, 4) is 0 Å². The number of ether oxygens (including phenoxy) is 2. The van der Waals surface area contributed by atoms with Gasteiger partial charge in [-0.15, -0.1) is 0 Å². The van der Waals surface area contributed by atoms with E-state index in [0.29, 0.717) is 11.4 Å². The van der Waals surface area contributed by atoms with Crippen LogP contribution in [0.15, 0.2) is 54.9 Å². The van der Waals surface area contributed by atoms with Gasteiger partial charge >= 0.3 is 19.1 Å². The van der Waals surface area contributed by atoms with Crippen LogP contribution in [-0.2, 0) is 44.5 Å². The third kappa shape index (κ3) is 6.72. The molecule has 0 aliphatic carbocycles. The Labute approximate surface area is 230 Å². The monoisotopic (exact) mass is 530 g/mol. The van der Waals surface area contributed by atoms with Crippen LogP contribution in [0.5, 0.6) is 0 Å². The fourth-order valence-corrected chi connectivity index (χ4v) is 4.37. The number of hydrogen-bond acceptors (Lipinski definition) is 8. The molecule has 0 amide bonds. The highest BCUT2D eigenvalue weighted by molar-refractivity contribution is 6.62. The molecule has 0 bridgehead atoms. The van der Waals surface area contributed by atoms with Crippen LogP contribution in [0, 0.1) is 0 Å². The third-order valence-corrected chi connectivity index (χ3v) is 7.44. The number of rotatable bonds is 9. The second kappa shape index (κ2) is 11.7. The van der Waals surface area contributed by atoms with E-state index in [1.807, 2.05) is 39.8 Å². The molecule has 204 valence electrons. The zero-order valence-corrected chi connectivity index (χ0v) is 23.4. The molecule has 0 radical (unpaired) electrons. The van der Waals surface area contributed by atoms with Gasteiger partial charge in [0.15, 0.2) is 0 Å². The van der Waals surface area contributed by atoms with E-state index in [4.69, 9.17) is 18.8 Å². The van der Waals surface area contributed by atoms with Crippen LogP contribution in [-0.4, -0.2) is 54.4 Å². The van der Waals surface area contributed by atoms with Gasteiger partial charge < -0.3 is 18.8 Å². The van der Waals surface area contributed by atoms with Gasteiger partial charge in [0.2, 0.25) is 0 Å². The van der Waals surface area contributed by atoms with E-state index >= 15 is 0 Å². The fraction of sp³-hybridized carbons (Fsp3) is 0.400. The SMILES string of the molecule is COC(=O)c1ccc(CCc2cc(CCc3ccc(C(=O)OC)nc3)cc(B3OC(C)(C)C(C)(C)O3)c2)cn1. The van der Waals surface area contributed by atoms with Crippen molar-refractivity contribution in [2.24, 2.45) is 0 Å². The first-order valence-corrected chi connectivity index (χ1v) is 13.1. The predicted octanol–water partition coefficient (Wildman–Crippen LogP) is 3.92. The molecule has 8 nitrogen and oxygen atoms in total. The third-order valence-electron chi connectivity index (χ3n) is 7.44. The summed E-state index contributed by atoms with van der Waals surface area (Å²) >= 11 is 0. The van der Waals surface area contributed by atoms with Gasteiger partial charge in [0.25, 0.3) is 0 Å². The van der Waals surface area contributed by atoms with Gasteiger partial charge in [-0.25, -0.2) is 19.6 Å². The number of pyridine rings is 2. The molecule has 0 N–H and O–H groups in total. The summed E-state index contributed by atoms with van der Waals surface area (Å²) in [6.45, 7) is 8.20. The van der Waals surface area contributed by atoms with Crippen molar-refractivity contribution < 1.29 is 28.4 Å². The molecule has 2 aromatic heterocycles. The van der Waals surface area contributed by atoms with Crippen LogP contribution in [0.4, 0.5) is 0 Å². The number of aromatic nitrogens is 2. The highest BCUT2D eigenvalue weighted by Gasteiger charge is 2.51. The van der Waals surface area contributed by atoms with Crippen molar-refractivity contribution in [3.63, 3.8) is 0 Å². The molecule has 9 heteroatoms. The van der Waals surface area contributed by atoms with Crippen LogP contribution in [0.1, 0.15) is 70.9 Å². The summed E-state index contributed by atoms with van der Waals surface area (Å²) in [7, 11) is 2.23. The quantitative estimate of drug-likeness (QED) is 0.304. The first-order valence-electron chi connectivity index (χ1n) is 13.1. The lowest BCUT2D eigenvalue weighted by atomic mass is 9.76. The molecule has 4 rings (SSSR count). The van der Waals surface area contributed by atoms with Crippen molar-refractivity contribution in [2.45, 2.75) is 64.6 Å². The fourth-order valence-electron chi connectivity index (χ4n) is 4.37. The first-order chi connectivity index (χ1) is 18.5. The minimum atomic E-state index is -0.462. The molecule has 1 aliphatic heterocycles. The first kappa shape index (κ1) is 28.5. The smallest absolute Gasteiger partial charge is 0.464 e. The molecule has 39 heavy (non-hydrogen) atoms. The van der Waals surface area contributed by atoms with E-state index in [0.717, 1.165) is 53.4 Å². The Bertz CT molecular complexity index is 1220. The topological polar surface area (TPSA) is 96.8 Å². The summed E-state index contributed by atoms with van der Waals surface area (Å²) in [5, 5.41) is 0. The Balaban J connectivity index is 1.53. The van der Waals surface area contributed by atoms with Crippen molar-refractivity contribution in [1.29, 1.82) is 0 Å². The molecule has 1 saturated heterocycles. The summed E-state index contributed by atoms with van der Waals surface area (Å²) < 4.78 is 22.2. The maximum absolute atomic E-state index is 11.7. The van der Waals surface area contributed by atoms with Crippen LogP contribution in [0.3, 0.4) is 0 Å². The average Bonchev–Trinajstić information content (AvgIpc) is 3.16. The van der Waals surface area contributed by atoms with Crippen LogP contribution < -0.4 is 5.46 Å². The van der Waals surface area contributed by atoms with E-state index in [1.165, 1.54) is 14.2 Å². The number of hydrogen-bond donors (Lipinski definition) is 0. The van der Waals surface area contributed by atoms with Crippen LogP contribution in [0.25, 0.3) is 0 Å². The lowest BCUT2D eigenvalue weighted by Crippen LogP contribution is -2.41. The molecule has 3 aromatic rings. The Morgan fingerprint density at radius 3 is 1.46 bits per heavy atom. The van der Waals surface area contributed by atoms with E-state index in [-0.39, 0.29) is 0 Å². The zero-order valence-electron chi connectivity index (χ0n) is 23.4. The molecular formula is C30H35BN2O6. The molecule has 0 unspecified atom stereocenters. The average molecular weight is 530 g/mol. The molecule has 1 fully saturated rings. The molecule has 1 aromatic carbocycles. The molecule has 0 atom stereocenters. The van der Waals surface area contributed by atoms with E-state index in [9.17, 15) is 9.59 Å². The summed E-state index contributed by atoms with van der Waals surface area (Å²) in [5.41, 5.74) is 5.08. The van der Waals surface area contributed by atoms with E-state index in [1.54, 1.807) is 24.5 Å². The minimum Gasteiger partial charge on any atom is -0.464 e. The van der Waals surface area contributed by atoms with Crippen LogP contribution >= 0.6 is 0 Å². The van der Waals surface area contributed by atoms with Crippen LogP contribution in [0.2, 0.25) is 0 Å². The number of carbonyl (C=O) groups excluding carboxylic acids is 2. The van der Waals surface area contributed by atoms with Crippen molar-refractivity contribution >= 4 is 24.5 Å². The Morgan fingerprint density at radius 1 is 0.692 bits per heavy atom. The lowest BCUT2D eigenvalue weighted by molar-refractivity contribution is 0.00578. The number of nitrogens with zero attached hydrogens (tertiary/aromatic N) is 2. The van der Waals surface area contributed by atoms with Gasteiger partial charge in [0.05, 0.1) is 25.4 Å². The number of carbonyl (C=O) groups is 2. The summed E-state index contributed by atoms with van der Waals surface area (Å²) in [6.07, 6.45) is 6.54. The Morgan fingerprint density at radius 2 is 1.10 bits per heavy atom. The summed E-state index contributed by atoms with van der Waals surface area (Å²) in [6, 6.07) is 13.7. The standard InChI is InChI=1S/C30H35BN2O6/c1-29(2)30(3,4)39-31(38-29)24-16-22(9-7-20-11-13-25(32-18-20)27(34)36-5)15-23(17-24)10-8-21-12-14-26(33-19-21)28(35)37-6/h11-19H,7-10H2,1-6H3. The van der Waals surface area contributed by atoms with Gasteiger partial charge in [-0.05, 0) is 93.2 Å². The number of benzene rings is 1. The van der Waals surface area contributed by atoms with Crippen molar-refractivity contribution in [2.75, 3.05) is 14.2 Å². The summed E-state index contributed by atoms with van der Waals surface area (Å²) in [5.74, 6) is -0.895. The minimum absolute atomic E-state index is 0.292. The van der Waals surface area contributed by atoms with Crippen molar-refractivity contribution in [3.05, 3.63) is 88.5 Å². The second-order valence-corrected chi connectivity index (χ2v) is 10.8. The highest BCUT2D eigenvalue weighted by Crippen LogP contribution is 2.36. The van der Waals surface area contributed by atoms with E-state index in [2.05, 4.69) is 28.2 Å². The maximum Gasteiger partial charge on any atom is 0.494 e. The lowest BCUT2D eigenvalue weighted by Gasteiger charge is -2.32. The van der Waals surface area contributed by atoms with Gasteiger partial charge in [-0.1, -0.05) is 30.3 Å². The molecule has 3 heterocycles. The molecule has 0 saturated carbocycles. The molecule has 0 spiro atoms. The number of esters is 2. The largest absolute Gasteiger partial charge is 0.494 e. The predicted molar refractivity (Wildman–Crippen MR) is 148 cm³/mol. The summed E-state index contributed by atoms with van der Waals surface area (Å²) in [4.78, 5) is 31.8. The number of aryl methyl sites for hydroxylation is 4.